The number of nitrogens with two attached hydrogens (primary N) is 1. The van der Waals surface area contributed by atoms with Gasteiger partial charge in [-0.3, -0.25) is 4.79 Å². The van der Waals surface area contributed by atoms with Gasteiger partial charge in [-0.05, 0) is 35.0 Å². The van der Waals surface area contributed by atoms with E-state index in [0.29, 0.717) is 5.69 Å². The van der Waals surface area contributed by atoms with Crippen LogP contribution in [0.25, 0.3) is 10.1 Å². The first-order valence-corrected chi connectivity index (χ1v) is 5.80. The molecule has 2 aromatic rings. The molecular formula is C11H11N3O2S. The predicted octanol–water partition coefficient (Wildman–Crippen LogP) is 1.98. The lowest BCUT2D eigenvalue weighted by Gasteiger charge is -2.04. The Morgan fingerprint density at radius 2 is 2.29 bits per heavy atom. The van der Waals surface area contributed by atoms with Crippen LogP contribution in [0.1, 0.15) is 6.42 Å². The number of hydrogen-bond donors (Lipinski definition) is 3. The van der Waals surface area contributed by atoms with Gasteiger partial charge >= 0.3 is 0 Å². The maximum Gasteiger partial charge on any atom is 0.232 e. The summed E-state index contributed by atoms with van der Waals surface area (Å²) in [5, 5.41) is 16.9. The van der Waals surface area contributed by atoms with Gasteiger partial charge in [-0.25, -0.2) is 0 Å². The molecule has 6 heteroatoms. The Kier molecular flexibility index (Phi) is 3.24. The highest BCUT2D eigenvalue weighted by molar-refractivity contribution is 7.17. The Labute approximate surface area is 102 Å². The first-order valence-electron chi connectivity index (χ1n) is 4.92. The standard InChI is InChI=1S/C11H11N3O2S/c12-10(14-16)6-11(15)13-8-1-2-9-7(5-8)3-4-17-9/h1-5,16H,6H2,(H2,12,14)(H,13,15). The third-order valence-corrected chi connectivity index (χ3v) is 3.10. The lowest BCUT2D eigenvalue weighted by atomic mass is 10.2. The van der Waals surface area contributed by atoms with Crippen LogP contribution in [-0.2, 0) is 4.79 Å². The molecule has 0 radical (unpaired) electrons. The molecule has 4 N–H and O–H groups in total. The minimum atomic E-state index is -0.310. The summed E-state index contributed by atoms with van der Waals surface area (Å²) in [6.45, 7) is 0. The van der Waals surface area contributed by atoms with Crippen LogP contribution < -0.4 is 11.1 Å². The molecule has 0 fully saturated rings. The molecule has 0 unspecified atom stereocenters. The van der Waals surface area contributed by atoms with E-state index in [1.165, 1.54) is 4.70 Å². The highest BCUT2D eigenvalue weighted by atomic mass is 32.1. The van der Waals surface area contributed by atoms with Gasteiger partial charge in [0.2, 0.25) is 5.91 Å². The second kappa shape index (κ2) is 4.84. The lowest BCUT2D eigenvalue weighted by Crippen LogP contribution is -2.21. The number of benzene rings is 1. The third kappa shape index (κ3) is 2.73. The molecular weight excluding hydrogens is 238 g/mol. The number of carbonyl (C=O) groups excluding carboxylic acids is 1. The quantitative estimate of drug-likeness (QED) is 0.336. The topological polar surface area (TPSA) is 87.7 Å². The van der Waals surface area contributed by atoms with E-state index in [0.717, 1.165) is 5.39 Å². The van der Waals surface area contributed by atoms with Gasteiger partial charge in [0.05, 0.1) is 6.42 Å². The average molecular weight is 249 g/mol. The fraction of sp³-hybridized carbons (Fsp3) is 0.0909. The largest absolute Gasteiger partial charge is 0.409 e. The molecule has 0 aliphatic rings. The van der Waals surface area contributed by atoms with E-state index in [2.05, 4.69) is 10.5 Å². The van der Waals surface area contributed by atoms with Gasteiger partial charge in [0, 0.05) is 10.4 Å². The van der Waals surface area contributed by atoms with Crippen molar-refractivity contribution < 1.29 is 10.0 Å². The fourth-order valence-electron chi connectivity index (χ4n) is 1.45. The van der Waals surface area contributed by atoms with Crippen LogP contribution in [-0.4, -0.2) is 17.0 Å². The number of fused-ring (bicyclic) bond motifs is 1. The number of rotatable bonds is 3. The Morgan fingerprint density at radius 1 is 1.47 bits per heavy atom. The van der Waals surface area contributed by atoms with Crippen molar-refractivity contribution in [2.24, 2.45) is 10.9 Å². The van der Waals surface area contributed by atoms with E-state index in [9.17, 15) is 4.79 Å². The summed E-state index contributed by atoms with van der Waals surface area (Å²) >= 11 is 1.64. The highest BCUT2D eigenvalue weighted by Gasteiger charge is 2.06. The zero-order valence-electron chi connectivity index (χ0n) is 8.88. The summed E-state index contributed by atoms with van der Waals surface area (Å²) < 4.78 is 1.17. The van der Waals surface area contributed by atoms with Crippen LogP contribution in [0, 0.1) is 0 Å². The van der Waals surface area contributed by atoms with Crippen LogP contribution in [0.2, 0.25) is 0 Å². The summed E-state index contributed by atoms with van der Waals surface area (Å²) in [5.74, 6) is -0.422. The van der Waals surface area contributed by atoms with Crippen molar-refractivity contribution in [2.45, 2.75) is 6.42 Å². The monoisotopic (exact) mass is 249 g/mol. The zero-order valence-corrected chi connectivity index (χ0v) is 9.70. The van der Waals surface area contributed by atoms with Crippen molar-refractivity contribution >= 4 is 38.9 Å². The minimum absolute atomic E-state index is 0.112. The molecule has 0 bridgehead atoms. The van der Waals surface area contributed by atoms with E-state index < -0.39 is 0 Å². The average Bonchev–Trinajstić information content (AvgIpc) is 2.75. The van der Waals surface area contributed by atoms with Crippen molar-refractivity contribution in [1.29, 1.82) is 0 Å². The second-order valence-electron chi connectivity index (χ2n) is 3.49. The van der Waals surface area contributed by atoms with E-state index in [-0.39, 0.29) is 18.2 Å². The van der Waals surface area contributed by atoms with Gasteiger partial charge in [-0.2, -0.15) is 0 Å². The minimum Gasteiger partial charge on any atom is -0.409 e. The smallest absolute Gasteiger partial charge is 0.232 e. The summed E-state index contributed by atoms with van der Waals surface area (Å²) in [6, 6.07) is 7.64. The van der Waals surface area contributed by atoms with Crippen LogP contribution in [0.15, 0.2) is 34.8 Å². The fourth-order valence-corrected chi connectivity index (χ4v) is 2.22. The number of carbonyl (C=O) groups is 1. The Balaban J connectivity index is 2.10. The van der Waals surface area contributed by atoms with Gasteiger partial charge in [-0.15, -0.1) is 11.3 Å². The number of thiophene rings is 1. The van der Waals surface area contributed by atoms with Crippen LogP contribution in [0.4, 0.5) is 5.69 Å². The summed E-state index contributed by atoms with van der Waals surface area (Å²) in [5.41, 5.74) is 5.94. The molecule has 0 aliphatic carbocycles. The Hall–Kier alpha value is -2.08. The van der Waals surface area contributed by atoms with Gasteiger partial charge in [0.25, 0.3) is 0 Å². The molecule has 0 atom stereocenters. The number of amidine groups is 1. The van der Waals surface area contributed by atoms with Crippen LogP contribution >= 0.6 is 11.3 Å². The molecule has 17 heavy (non-hydrogen) atoms. The maximum absolute atomic E-state index is 11.5. The normalized spacial score (nSPS) is 11.6. The molecule has 0 aliphatic heterocycles. The first-order chi connectivity index (χ1) is 8.19. The number of hydrogen-bond acceptors (Lipinski definition) is 4. The molecule has 0 saturated heterocycles. The molecule has 88 valence electrons. The highest BCUT2D eigenvalue weighted by Crippen LogP contribution is 2.23. The van der Waals surface area contributed by atoms with Crippen molar-refractivity contribution in [3.8, 4) is 0 Å². The third-order valence-electron chi connectivity index (χ3n) is 2.21. The van der Waals surface area contributed by atoms with Crippen molar-refractivity contribution in [3.05, 3.63) is 29.6 Å². The summed E-state index contributed by atoms with van der Waals surface area (Å²) in [6.07, 6.45) is -0.127. The molecule has 2 rings (SSSR count). The predicted molar refractivity (Wildman–Crippen MR) is 68.5 cm³/mol. The number of nitrogens with zero attached hydrogens (tertiary/aromatic N) is 1. The molecule has 1 aromatic heterocycles. The molecule has 0 spiro atoms. The SMILES string of the molecule is NC(CC(=O)Nc1ccc2sccc2c1)=NO. The second-order valence-corrected chi connectivity index (χ2v) is 4.44. The molecule has 1 heterocycles. The van der Waals surface area contributed by atoms with E-state index in [4.69, 9.17) is 10.9 Å². The van der Waals surface area contributed by atoms with Crippen LogP contribution in [0.3, 0.4) is 0 Å². The number of nitrogens with one attached hydrogen (secondary N) is 1. The van der Waals surface area contributed by atoms with Crippen LogP contribution in [0.5, 0.6) is 0 Å². The van der Waals surface area contributed by atoms with E-state index in [1.807, 2.05) is 29.6 Å². The van der Waals surface area contributed by atoms with E-state index in [1.54, 1.807) is 11.3 Å². The van der Waals surface area contributed by atoms with E-state index >= 15 is 0 Å². The van der Waals surface area contributed by atoms with Gasteiger partial charge in [-0.1, -0.05) is 5.16 Å². The van der Waals surface area contributed by atoms with Crippen molar-refractivity contribution in [3.63, 3.8) is 0 Å². The summed E-state index contributed by atoms with van der Waals surface area (Å²) in [7, 11) is 0. The summed E-state index contributed by atoms with van der Waals surface area (Å²) in [4.78, 5) is 11.5. The Bertz CT molecular complexity index is 577. The van der Waals surface area contributed by atoms with Gasteiger partial charge in [0.1, 0.15) is 5.84 Å². The molecule has 0 saturated carbocycles. The number of anilines is 1. The lowest BCUT2D eigenvalue weighted by molar-refractivity contribution is -0.115. The number of amides is 1. The van der Waals surface area contributed by atoms with Crippen molar-refractivity contribution in [2.75, 3.05) is 5.32 Å². The van der Waals surface area contributed by atoms with Crippen molar-refractivity contribution in [1.82, 2.24) is 0 Å². The first kappa shape index (κ1) is 11.4. The Morgan fingerprint density at radius 3 is 3.06 bits per heavy atom. The number of oxime groups is 1. The zero-order chi connectivity index (χ0) is 12.3. The van der Waals surface area contributed by atoms with Gasteiger partial charge < -0.3 is 16.3 Å². The molecule has 1 aromatic carbocycles. The maximum atomic E-state index is 11.5. The molecule has 5 nitrogen and oxygen atoms in total. The molecule has 1 amide bonds. The van der Waals surface area contributed by atoms with Gasteiger partial charge in [0.15, 0.2) is 0 Å².